The summed E-state index contributed by atoms with van der Waals surface area (Å²) in [6, 6.07) is 21.9. The van der Waals surface area contributed by atoms with Gasteiger partial charge in [-0.15, -0.1) is 18.2 Å². The number of aryl methyl sites for hydroxylation is 1. The Morgan fingerprint density at radius 3 is 2.45 bits per heavy atom. The Kier molecular flexibility index (Phi) is 6.72. The molecule has 0 atom stereocenters. The van der Waals surface area contributed by atoms with E-state index in [-0.39, 0.29) is 17.6 Å². The van der Waals surface area contributed by atoms with Crippen LogP contribution in [0.3, 0.4) is 0 Å². The van der Waals surface area contributed by atoms with E-state index >= 15 is 0 Å². The standard InChI is InChI=1S/C24H20N2O2S/c1-3-18-7-6-8-20(15-18)26-24(28)21-9-4-5-10-22(21)29-16-23(27)25-19-13-11-17(2)12-14-19/h1,4-15H,16H2,2H3,(H,25,27)(H,26,28). The minimum absolute atomic E-state index is 0.129. The van der Waals surface area contributed by atoms with Crippen LogP contribution in [0.1, 0.15) is 21.5 Å². The van der Waals surface area contributed by atoms with E-state index in [1.165, 1.54) is 11.8 Å². The van der Waals surface area contributed by atoms with E-state index in [4.69, 9.17) is 6.42 Å². The highest BCUT2D eigenvalue weighted by Gasteiger charge is 2.13. The van der Waals surface area contributed by atoms with Crippen molar-refractivity contribution >= 4 is 35.0 Å². The lowest BCUT2D eigenvalue weighted by atomic mass is 10.2. The molecule has 0 aliphatic heterocycles. The lowest BCUT2D eigenvalue weighted by Crippen LogP contribution is -2.16. The fourth-order valence-corrected chi connectivity index (χ4v) is 3.49. The number of rotatable bonds is 6. The topological polar surface area (TPSA) is 58.2 Å². The maximum absolute atomic E-state index is 12.7. The van der Waals surface area contributed by atoms with Gasteiger partial charge in [0.05, 0.1) is 11.3 Å². The lowest BCUT2D eigenvalue weighted by Gasteiger charge is -2.10. The molecule has 0 saturated carbocycles. The third-order valence-electron chi connectivity index (χ3n) is 4.11. The van der Waals surface area contributed by atoms with E-state index < -0.39 is 0 Å². The molecule has 3 aromatic carbocycles. The summed E-state index contributed by atoms with van der Waals surface area (Å²) in [6.45, 7) is 1.99. The largest absolute Gasteiger partial charge is 0.325 e. The van der Waals surface area contributed by atoms with Crippen LogP contribution in [0.4, 0.5) is 11.4 Å². The molecule has 2 amide bonds. The molecule has 3 rings (SSSR count). The Morgan fingerprint density at radius 1 is 0.931 bits per heavy atom. The first kappa shape index (κ1) is 20.2. The van der Waals surface area contributed by atoms with Crippen molar-refractivity contribution < 1.29 is 9.59 Å². The molecular weight excluding hydrogens is 380 g/mol. The van der Waals surface area contributed by atoms with Crippen LogP contribution >= 0.6 is 11.8 Å². The molecule has 0 fully saturated rings. The third kappa shape index (κ3) is 5.74. The van der Waals surface area contributed by atoms with Crippen LogP contribution in [-0.4, -0.2) is 17.6 Å². The van der Waals surface area contributed by atoms with Crippen molar-refractivity contribution in [3.63, 3.8) is 0 Å². The number of hydrogen-bond acceptors (Lipinski definition) is 3. The normalized spacial score (nSPS) is 10.1. The average molecular weight is 401 g/mol. The summed E-state index contributed by atoms with van der Waals surface area (Å²) >= 11 is 1.32. The second-order valence-electron chi connectivity index (χ2n) is 6.38. The van der Waals surface area contributed by atoms with E-state index in [0.29, 0.717) is 16.8 Å². The van der Waals surface area contributed by atoms with Gasteiger partial charge in [-0.25, -0.2) is 0 Å². The van der Waals surface area contributed by atoms with Crippen LogP contribution < -0.4 is 10.6 Å². The molecule has 0 radical (unpaired) electrons. The molecule has 144 valence electrons. The van der Waals surface area contributed by atoms with Crippen molar-refractivity contribution in [1.29, 1.82) is 0 Å². The van der Waals surface area contributed by atoms with Crippen molar-refractivity contribution in [2.24, 2.45) is 0 Å². The summed E-state index contributed by atoms with van der Waals surface area (Å²) in [6.07, 6.45) is 5.41. The maximum Gasteiger partial charge on any atom is 0.256 e. The van der Waals surface area contributed by atoms with Gasteiger partial charge in [0.1, 0.15) is 0 Å². The molecule has 3 aromatic rings. The van der Waals surface area contributed by atoms with Crippen LogP contribution in [0, 0.1) is 19.3 Å². The van der Waals surface area contributed by atoms with Crippen LogP contribution in [-0.2, 0) is 4.79 Å². The summed E-state index contributed by atoms with van der Waals surface area (Å²) in [5.74, 6) is 2.37. The highest BCUT2D eigenvalue weighted by molar-refractivity contribution is 8.00. The summed E-state index contributed by atoms with van der Waals surface area (Å²) in [7, 11) is 0. The summed E-state index contributed by atoms with van der Waals surface area (Å²) in [5.41, 5.74) is 3.71. The Labute approximate surface area is 174 Å². The van der Waals surface area contributed by atoms with Crippen LogP contribution in [0.2, 0.25) is 0 Å². The number of hydrogen-bond donors (Lipinski definition) is 2. The molecule has 0 aliphatic carbocycles. The van der Waals surface area contributed by atoms with Gasteiger partial charge in [-0.05, 0) is 49.4 Å². The molecule has 4 nitrogen and oxygen atoms in total. The van der Waals surface area contributed by atoms with Gasteiger partial charge < -0.3 is 10.6 Å². The number of benzene rings is 3. The van der Waals surface area contributed by atoms with Gasteiger partial charge in [-0.1, -0.05) is 41.8 Å². The van der Waals surface area contributed by atoms with Crippen LogP contribution in [0.5, 0.6) is 0 Å². The highest BCUT2D eigenvalue weighted by atomic mass is 32.2. The molecule has 0 spiro atoms. The van der Waals surface area contributed by atoms with Crippen LogP contribution in [0.15, 0.2) is 77.7 Å². The second-order valence-corrected chi connectivity index (χ2v) is 7.40. The number of thioether (sulfide) groups is 1. The Bertz CT molecular complexity index is 1070. The van der Waals surface area contributed by atoms with Gasteiger partial charge in [-0.3, -0.25) is 9.59 Å². The summed E-state index contributed by atoms with van der Waals surface area (Å²) < 4.78 is 0. The third-order valence-corrected chi connectivity index (χ3v) is 5.19. The van der Waals surface area contributed by atoms with Gasteiger partial charge >= 0.3 is 0 Å². The second kappa shape index (κ2) is 9.63. The Hall–Kier alpha value is -3.49. The minimum Gasteiger partial charge on any atom is -0.325 e. The molecular formula is C24H20N2O2S. The zero-order chi connectivity index (χ0) is 20.6. The fourth-order valence-electron chi connectivity index (χ4n) is 2.64. The van der Waals surface area contributed by atoms with Crippen molar-refractivity contribution in [2.75, 3.05) is 16.4 Å². The monoisotopic (exact) mass is 400 g/mol. The zero-order valence-electron chi connectivity index (χ0n) is 15.9. The van der Waals surface area contributed by atoms with E-state index in [1.54, 1.807) is 36.4 Å². The molecule has 0 unspecified atom stereocenters. The van der Waals surface area contributed by atoms with Crippen molar-refractivity contribution in [2.45, 2.75) is 11.8 Å². The Balaban J connectivity index is 1.65. The molecule has 0 aliphatic rings. The molecule has 5 heteroatoms. The van der Waals surface area contributed by atoms with Crippen molar-refractivity contribution in [1.82, 2.24) is 0 Å². The molecule has 0 saturated heterocycles. The van der Waals surface area contributed by atoms with Crippen molar-refractivity contribution in [3.05, 3.63) is 89.5 Å². The molecule has 0 heterocycles. The SMILES string of the molecule is C#Cc1cccc(NC(=O)c2ccccc2SCC(=O)Nc2ccc(C)cc2)c1. The summed E-state index contributed by atoms with van der Waals surface area (Å²) in [4.78, 5) is 25.7. The van der Waals surface area contributed by atoms with Gasteiger partial charge in [0.2, 0.25) is 5.91 Å². The quantitative estimate of drug-likeness (QED) is 0.454. The number of anilines is 2. The van der Waals surface area contributed by atoms with Gasteiger partial charge in [-0.2, -0.15) is 0 Å². The number of carbonyl (C=O) groups excluding carboxylic acids is 2. The first-order valence-electron chi connectivity index (χ1n) is 9.01. The van der Waals surface area contributed by atoms with E-state index in [0.717, 1.165) is 16.1 Å². The first-order chi connectivity index (χ1) is 14.0. The molecule has 0 bridgehead atoms. The van der Waals surface area contributed by atoms with E-state index in [1.807, 2.05) is 43.3 Å². The highest BCUT2D eigenvalue weighted by Crippen LogP contribution is 2.24. The lowest BCUT2D eigenvalue weighted by molar-refractivity contribution is -0.113. The van der Waals surface area contributed by atoms with E-state index in [2.05, 4.69) is 16.6 Å². The van der Waals surface area contributed by atoms with Gasteiger partial charge in [0.25, 0.3) is 5.91 Å². The molecule has 0 aromatic heterocycles. The maximum atomic E-state index is 12.7. The number of nitrogens with one attached hydrogen (secondary N) is 2. The number of amides is 2. The van der Waals surface area contributed by atoms with Crippen LogP contribution in [0.25, 0.3) is 0 Å². The van der Waals surface area contributed by atoms with E-state index in [9.17, 15) is 9.59 Å². The first-order valence-corrected chi connectivity index (χ1v) is 10.00. The van der Waals surface area contributed by atoms with Gasteiger partial charge in [0.15, 0.2) is 0 Å². The molecule has 29 heavy (non-hydrogen) atoms. The molecule has 2 N–H and O–H groups in total. The number of carbonyl (C=O) groups is 2. The zero-order valence-corrected chi connectivity index (χ0v) is 16.8. The smallest absolute Gasteiger partial charge is 0.256 e. The fraction of sp³-hybridized carbons (Fsp3) is 0.0833. The average Bonchev–Trinajstić information content (AvgIpc) is 2.74. The number of terminal acetylenes is 1. The van der Waals surface area contributed by atoms with Crippen molar-refractivity contribution in [3.8, 4) is 12.3 Å². The predicted molar refractivity (Wildman–Crippen MR) is 119 cm³/mol. The Morgan fingerprint density at radius 2 is 1.69 bits per heavy atom. The predicted octanol–water partition coefficient (Wildman–Crippen LogP) is 4.96. The van der Waals surface area contributed by atoms with Gasteiger partial charge in [0, 0.05) is 21.8 Å². The summed E-state index contributed by atoms with van der Waals surface area (Å²) in [5, 5.41) is 5.72. The minimum atomic E-state index is -0.249.